The number of anilines is 1. The number of benzene rings is 1. The molecule has 1 unspecified atom stereocenters. The zero-order valence-electron chi connectivity index (χ0n) is 11.8. The van der Waals surface area contributed by atoms with E-state index in [1.807, 2.05) is 0 Å². The third kappa shape index (κ3) is 4.05. The summed E-state index contributed by atoms with van der Waals surface area (Å²) in [7, 11) is 0. The average molecular weight is 290 g/mol. The molecule has 1 aromatic carbocycles. The lowest BCUT2D eigenvalue weighted by Crippen LogP contribution is -2.40. The van der Waals surface area contributed by atoms with Crippen molar-refractivity contribution in [1.82, 2.24) is 5.32 Å². The fourth-order valence-corrected chi connectivity index (χ4v) is 2.10. The van der Waals surface area contributed by atoms with Gasteiger partial charge in [0.25, 0.3) is 0 Å². The normalized spacial score (nSPS) is 17.8. The number of esters is 1. The molecule has 2 N–H and O–H groups in total. The molecule has 1 aromatic rings. The van der Waals surface area contributed by atoms with Crippen molar-refractivity contribution < 1.29 is 19.1 Å². The molecular weight excluding hydrogens is 272 g/mol. The number of rotatable bonds is 4. The van der Waals surface area contributed by atoms with E-state index in [2.05, 4.69) is 10.6 Å². The second-order valence-electron chi connectivity index (χ2n) is 4.83. The summed E-state index contributed by atoms with van der Waals surface area (Å²) in [6.07, 6.45) is 0.929. The number of hydrogen-bond donors (Lipinski definition) is 2. The molecule has 1 atom stereocenters. The van der Waals surface area contributed by atoms with Gasteiger partial charge in [0.05, 0.1) is 18.1 Å². The zero-order chi connectivity index (χ0) is 15.2. The highest BCUT2D eigenvalue weighted by Crippen LogP contribution is 2.15. The second-order valence-corrected chi connectivity index (χ2v) is 4.83. The first kappa shape index (κ1) is 15.0. The van der Waals surface area contributed by atoms with Crippen LogP contribution in [0, 0.1) is 5.92 Å². The van der Waals surface area contributed by atoms with Crippen molar-refractivity contribution in [3.05, 3.63) is 29.8 Å². The van der Waals surface area contributed by atoms with Crippen LogP contribution in [-0.4, -0.2) is 30.9 Å². The van der Waals surface area contributed by atoms with E-state index in [1.165, 1.54) is 0 Å². The van der Waals surface area contributed by atoms with Gasteiger partial charge in [-0.05, 0) is 37.6 Å². The van der Waals surface area contributed by atoms with Gasteiger partial charge in [-0.3, -0.25) is 9.59 Å². The van der Waals surface area contributed by atoms with Crippen molar-refractivity contribution >= 4 is 23.5 Å². The maximum absolute atomic E-state index is 12.0. The van der Waals surface area contributed by atoms with Gasteiger partial charge in [-0.1, -0.05) is 0 Å². The number of amides is 2. The molecule has 2 rings (SSSR count). The summed E-state index contributed by atoms with van der Waals surface area (Å²) in [5, 5.41) is 5.46. The quantitative estimate of drug-likeness (QED) is 0.819. The Morgan fingerprint density at radius 3 is 2.62 bits per heavy atom. The Morgan fingerprint density at radius 1 is 1.33 bits per heavy atom. The molecule has 112 valence electrons. The summed E-state index contributed by atoms with van der Waals surface area (Å²) in [5.41, 5.74) is 1.06. The van der Waals surface area contributed by atoms with Crippen LogP contribution in [0.2, 0.25) is 0 Å². The average Bonchev–Trinajstić information content (AvgIpc) is 2.49. The van der Waals surface area contributed by atoms with Crippen LogP contribution >= 0.6 is 0 Å². The van der Waals surface area contributed by atoms with Crippen molar-refractivity contribution in [3.8, 4) is 0 Å². The number of carbonyl (C=O) groups excluding carboxylic acids is 3. The van der Waals surface area contributed by atoms with Crippen molar-refractivity contribution in [1.29, 1.82) is 0 Å². The molecule has 0 saturated carbocycles. The molecular formula is C15H18N2O4. The van der Waals surface area contributed by atoms with Crippen molar-refractivity contribution in [2.24, 2.45) is 5.92 Å². The van der Waals surface area contributed by atoms with Crippen molar-refractivity contribution in [2.75, 3.05) is 18.5 Å². The number of ether oxygens (including phenoxy) is 1. The van der Waals surface area contributed by atoms with E-state index >= 15 is 0 Å². The molecule has 21 heavy (non-hydrogen) atoms. The molecule has 1 fully saturated rings. The Bertz CT molecular complexity index is 529. The van der Waals surface area contributed by atoms with E-state index in [1.54, 1.807) is 31.2 Å². The predicted octanol–water partition coefficient (Wildman–Crippen LogP) is 1.33. The summed E-state index contributed by atoms with van der Waals surface area (Å²) < 4.78 is 4.89. The van der Waals surface area contributed by atoms with Gasteiger partial charge in [0.15, 0.2) is 0 Å². The van der Waals surface area contributed by atoms with Crippen LogP contribution < -0.4 is 10.6 Å². The molecule has 1 aliphatic heterocycles. The minimum atomic E-state index is -0.384. The molecule has 1 heterocycles. The van der Waals surface area contributed by atoms with Crippen LogP contribution in [0.15, 0.2) is 24.3 Å². The molecule has 1 aliphatic rings. The van der Waals surface area contributed by atoms with Crippen LogP contribution in [0.1, 0.15) is 30.1 Å². The lowest BCUT2D eigenvalue weighted by atomic mass is 9.98. The first-order valence-corrected chi connectivity index (χ1v) is 6.95. The Hall–Kier alpha value is -2.37. The zero-order valence-corrected chi connectivity index (χ0v) is 11.8. The van der Waals surface area contributed by atoms with E-state index in [-0.39, 0.29) is 23.7 Å². The smallest absolute Gasteiger partial charge is 0.338 e. The van der Waals surface area contributed by atoms with E-state index < -0.39 is 0 Å². The second kappa shape index (κ2) is 6.88. The highest BCUT2D eigenvalue weighted by atomic mass is 16.5. The molecule has 1 saturated heterocycles. The third-order valence-electron chi connectivity index (χ3n) is 3.30. The van der Waals surface area contributed by atoms with Gasteiger partial charge in [-0.2, -0.15) is 0 Å². The molecule has 0 bridgehead atoms. The molecule has 6 heteroatoms. The van der Waals surface area contributed by atoms with Gasteiger partial charge in [0, 0.05) is 18.7 Å². The Balaban J connectivity index is 1.92. The van der Waals surface area contributed by atoms with Gasteiger partial charge >= 0.3 is 5.97 Å². The van der Waals surface area contributed by atoms with Gasteiger partial charge in [0.1, 0.15) is 0 Å². The highest BCUT2D eigenvalue weighted by Gasteiger charge is 2.24. The van der Waals surface area contributed by atoms with Crippen LogP contribution in [0.4, 0.5) is 5.69 Å². The molecule has 0 aliphatic carbocycles. The Morgan fingerprint density at radius 2 is 2.05 bits per heavy atom. The predicted molar refractivity (Wildman–Crippen MR) is 76.8 cm³/mol. The summed E-state index contributed by atoms with van der Waals surface area (Å²) in [6.45, 7) is 2.44. The molecule has 0 aromatic heterocycles. The Labute approximate surface area is 122 Å². The van der Waals surface area contributed by atoms with Gasteiger partial charge < -0.3 is 15.4 Å². The topological polar surface area (TPSA) is 84.5 Å². The third-order valence-corrected chi connectivity index (χ3v) is 3.30. The van der Waals surface area contributed by atoms with Crippen LogP contribution in [0.3, 0.4) is 0 Å². The summed E-state index contributed by atoms with van der Waals surface area (Å²) in [5.74, 6) is -0.741. The minimum absolute atomic E-state index is 0.0159. The van der Waals surface area contributed by atoms with Gasteiger partial charge in [-0.25, -0.2) is 4.79 Å². The van der Waals surface area contributed by atoms with E-state index in [0.717, 1.165) is 0 Å². The minimum Gasteiger partial charge on any atom is -0.462 e. The number of hydrogen-bond acceptors (Lipinski definition) is 4. The fourth-order valence-electron chi connectivity index (χ4n) is 2.10. The summed E-state index contributed by atoms with van der Waals surface area (Å²) >= 11 is 0. The summed E-state index contributed by atoms with van der Waals surface area (Å²) in [4.78, 5) is 34.6. The Kier molecular flexibility index (Phi) is 4.92. The number of piperidine rings is 1. The first-order valence-electron chi connectivity index (χ1n) is 6.95. The first-order chi connectivity index (χ1) is 10.1. The van der Waals surface area contributed by atoms with E-state index in [9.17, 15) is 14.4 Å². The van der Waals surface area contributed by atoms with E-state index in [0.29, 0.717) is 37.2 Å². The number of nitrogens with one attached hydrogen (secondary N) is 2. The van der Waals surface area contributed by atoms with E-state index in [4.69, 9.17) is 4.74 Å². The highest BCUT2D eigenvalue weighted by molar-refractivity contribution is 5.95. The maximum atomic E-state index is 12.0. The molecule has 0 radical (unpaired) electrons. The van der Waals surface area contributed by atoms with Gasteiger partial charge in [-0.15, -0.1) is 0 Å². The standard InChI is InChI=1S/C15H18N2O4/c1-2-21-15(20)10-3-6-12(7-4-10)17-14(19)11-5-8-13(18)16-9-11/h3-4,6-7,11H,2,5,8-9H2,1H3,(H,16,18)(H,17,19). The lowest BCUT2D eigenvalue weighted by molar-refractivity contribution is -0.126. The fraction of sp³-hybridized carbons (Fsp3) is 0.400. The van der Waals surface area contributed by atoms with Crippen molar-refractivity contribution in [2.45, 2.75) is 19.8 Å². The van der Waals surface area contributed by atoms with Crippen LogP contribution in [0.5, 0.6) is 0 Å². The monoisotopic (exact) mass is 290 g/mol. The lowest BCUT2D eigenvalue weighted by Gasteiger charge is -2.21. The summed E-state index contributed by atoms with van der Waals surface area (Å²) in [6, 6.07) is 6.53. The number of carbonyl (C=O) groups is 3. The molecule has 2 amide bonds. The van der Waals surface area contributed by atoms with Crippen LogP contribution in [0.25, 0.3) is 0 Å². The largest absolute Gasteiger partial charge is 0.462 e. The van der Waals surface area contributed by atoms with Crippen LogP contribution in [-0.2, 0) is 14.3 Å². The maximum Gasteiger partial charge on any atom is 0.338 e. The SMILES string of the molecule is CCOC(=O)c1ccc(NC(=O)C2CCC(=O)NC2)cc1. The van der Waals surface area contributed by atoms with Gasteiger partial charge in [0.2, 0.25) is 11.8 Å². The molecule has 6 nitrogen and oxygen atoms in total. The molecule has 0 spiro atoms. The van der Waals surface area contributed by atoms with Crippen molar-refractivity contribution in [3.63, 3.8) is 0 Å².